The number of likely N-dealkylation sites (tertiary alicyclic amines) is 1. The predicted molar refractivity (Wildman–Crippen MR) is 102 cm³/mol. The zero-order chi connectivity index (χ0) is 16.9. The van der Waals surface area contributed by atoms with Gasteiger partial charge in [-0.05, 0) is 63.2 Å². The normalized spacial score (nSPS) is 16.4. The van der Waals surface area contributed by atoms with Gasteiger partial charge in [-0.1, -0.05) is 13.0 Å². The third-order valence-corrected chi connectivity index (χ3v) is 6.74. The van der Waals surface area contributed by atoms with E-state index in [0.29, 0.717) is 0 Å². The maximum Gasteiger partial charge on any atom is 0.263 e. The van der Waals surface area contributed by atoms with E-state index in [1.165, 1.54) is 37.3 Å². The summed E-state index contributed by atoms with van der Waals surface area (Å²) in [6.45, 7) is 8.46. The number of thiophene rings is 1. The molecule has 0 radical (unpaired) electrons. The molecule has 130 valence electrons. The van der Waals surface area contributed by atoms with Gasteiger partial charge in [-0.2, -0.15) is 0 Å². The van der Waals surface area contributed by atoms with Crippen LogP contribution in [0.3, 0.4) is 0 Å². The molecule has 0 bridgehead atoms. The van der Waals surface area contributed by atoms with Gasteiger partial charge < -0.3 is 10.2 Å². The van der Waals surface area contributed by atoms with E-state index in [1.807, 2.05) is 24.4 Å². The number of aromatic nitrogens is 1. The van der Waals surface area contributed by atoms with Crippen molar-refractivity contribution in [2.24, 2.45) is 5.92 Å². The highest BCUT2D eigenvalue weighted by Gasteiger charge is 2.17. The Kier molecular flexibility index (Phi) is 6.03. The summed E-state index contributed by atoms with van der Waals surface area (Å²) in [6, 6.07) is 4.06. The van der Waals surface area contributed by atoms with Crippen molar-refractivity contribution in [3.8, 4) is 9.88 Å². The molecule has 0 saturated carbocycles. The Balaban J connectivity index is 1.45. The Morgan fingerprint density at radius 1 is 1.42 bits per heavy atom. The molecule has 1 fully saturated rings. The number of nitrogens with one attached hydrogen (secondary N) is 1. The lowest BCUT2D eigenvalue weighted by Gasteiger charge is -2.30. The monoisotopic (exact) mass is 363 g/mol. The number of hydrogen-bond acceptors (Lipinski definition) is 5. The molecule has 0 unspecified atom stereocenters. The van der Waals surface area contributed by atoms with Crippen molar-refractivity contribution in [3.63, 3.8) is 0 Å². The second-order valence-electron chi connectivity index (χ2n) is 6.54. The zero-order valence-electron chi connectivity index (χ0n) is 14.4. The Bertz CT molecular complexity index is 658. The minimum atomic E-state index is 0.0140. The number of carbonyl (C=O) groups is 1. The molecule has 0 atom stereocenters. The standard InChI is InChI=1S/C18H25N3OS2/c1-13-6-10-21(11-7-13)9-4-8-19-17(22)16-14(2)20-18(24-16)15-5-3-12-23-15/h3,5,12-13H,4,6-11H2,1-2H3,(H,19,22). The number of hydrogen-bond donors (Lipinski definition) is 1. The number of amides is 1. The Hall–Kier alpha value is -1.24. The number of rotatable bonds is 6. The van der Waals surface area contributed by atoms with Crippen LogP contribution in [0, 0.1) is 12.8 Å². The molecule has 6 heteroatoms. The molecule has 3 rings (SSSR count). The van der Waals surface area contributed by atoms with Crippen molar-refractivity contribution < 1.29 is 4.79 Å². The summed E-state index contributed by atoms with van der Waals surface area (Å²) in [6.07, 6.45) is 3.62. The second kappa shape index (κ2) is 8.23. The van der Waals surface area contributed by atoms with E-state index in [-0.39, 0.29) is 5.91 Å². The van der Waals surface area contributed by atoms with Crippen LogP contribution in [-0.2, 0) is 0 Å². The first-order valence-electron chi connectivity index (χ1n) is 8.65. The van der Waals surface area contributed by atoms with E-state index in [9.17, 15) is 4.79 Å². The van der Waals surface area contributed by atoms with E-state index in [1.54, 1.807) is 11.3 Å². The molecule has 4 nitrogen and oxygen atoms in total. The molecule has 1 aliphatic heterocycles. The van der Waals surface area contributed by atoms with E-state index in [2.05, 4.69) is 22.1 Å². The molecule has 3 heterocycles. The number of nitrogens with zero attached hydrogens (tertiary/aromatic N) is 2. The van der Waals surface area contributed by atoms with Crippen molar-refractivity contribution in [1.82, 2.24) is 15.2 Å². The van der Waals surface area contributed by atoms with Gasteiger partial charge in [0, 0.05) is 6.54 Å². The molecule has 0 spiro atoms. The van der Waals surface area contributed by atoms with Gasteiger partial charge in [0.1, 0.15) is 9.88 Å². The average Bonchev–Trinajstić information content (AvgIpc) is 3.22. The maximum absolute atomic E-state index is 12.4. The van der Waals surface area contributed by atoms with Gasteiger partial charge in [0.25, 0.3) is 5.91 Å². The number of aryl methyl sites for hydroxylation is 1. The molecular formula is C18H25N3OS2. The SMILES string of the molecule is Cc1nc(-c2cccs2)sc1C(=O)NCCCN1CCC(C)CC1. The first kappa shape index (κ1) is 17.6. The fourth-order valence-electron chi connectivity index (χ4n) is 2.98. The summed E-state index contributed by atoms with van der Waals surface area (Å²) in [7, 11) is 0. The van der Waals surface area contributed by atoms with Crippen LogP contribution < -0.4 is 5.32 Å². The van der Waals surface area contributed by atoms with Crippen molar-refractivity contribution in [1.29, 1.82) is 0 Å². The Labute approximate surface area is 151 Å². The molecular weight excluding hydrogens is 338 g/mol. The van der Waals surface area contributed by atoms with Crippen LogP contribution in [0.2, 0.25) is 0 Å². The molecule has 24 heavy (non-hydrogen) atoms. The first-order chi connectivity index (χ1) is 11.6. The lowest BCUT2D eigenvalue weighted by Crippen LogP contribution is -2.35. The minimum absolute atomic E-state index is 0.0140. The molecule has 1 N–H and O–H groups in total. The van der Waals surface area contributed by atoms with E-state index in [4.69, 9.17) is 0 Å². The van der Waals surface area contributed by atoms with Crippen LogP contribution in [-0.4, -0.2) is 42.0 Å². The first-order valence-corrected chi connectivity index (χ1v) is 10.3. The lowest BCUT2D eigenvalue weighted by molar-refractivity contribution is 0.0954. The number of carbonyl (C=O) groups excluding carboxylic acids is 1. The fourth-order valence-corrected chi connectivity index (χ4v) is 4.76. The summed E-state index contributed by atoms with van der Waals surface area (Å²) in [4.78, 5) is 21.3. The highest BCUT2D eigenvalue weighted by molar-refractivity contribution is 7.22. The van der Waals surface area contributed by atoms with E-state index >= 15 is 0 Å². The molecule has 2 aromatic rings. The molecule has 1 saturated heterocycles. The van der Waals surface area contributed by atoms with Gasteiger partial charge in [-0.3, -0.25) is 4.79 Å². The summed E-state index contributed by atoms with van der Waals surface area (Å²) >= 11 is 3.15. The van der Waals surface area contributed by atoms with E-state index < -0.39 is 0 Å². The smallest absolute Gasteiger partial charge is 0.263 e. The summed E-state index contributed by atoms with van der Waals surface area (Å²) in [5.41, 5.74) is 0.825. The largest absolute Gasteiger partial charge is 0.351 e. The zero-order valence-corrected chi connectivity index (χ0v) is 16.0. The van der Waals surface area contributed by atoms with Crippen molar-refractivity contribution >= 4 is 28.6 Å². The number of piperidine rings is 1. The average molecular weight is 364 g/mol. The van der Waals surface area contributed by atoms with Crippen molar-refractivity contribution in [3.05, 3.63) is 28.1 Å². The van der Waals surface area contributed by atoms with Gasteiger partial charge >= 0.3 is 0 Å². The molecule has 1 amide bonds. The highest BCUT2D eigenvalue weighted by Crippen LogP contribution is 2.30. The molecule has 0 aromatic carbocycles. The van der Waals surface area contributed by atoms with Gasteiger partial charge in [-0.15, -0.1) is 22.7 Å². The van der Waals surface area contributed by atoms with Crippen LogP contribution in [0.4, 0.5) is 0 Å². The van der Waals surface area contributed by atoms with Crippen LogP contribution in [0.25, 0.3) is 9.88 Å². The van der Waals surface area contributed by atoms with Crippen LogP contribution in [0.5, 0.6) is 0 Å². The van der Waals surface area contributed by atoms with Gasteiger partial charge in [0.05, 0.1) is 10.6 Å². The third kappa shape index (κ3) is 4.43. The summed E-state index contributed by atoms with van der Waals surface area (Å²) < 4.78 is 0. The molecule has 0 aliphatic carbocycles. The van der Waals surface area contributed by atoms with Crippen molar-refractivity contribution in [2.45, 2.75) is 33.1 Å². The Morgan fingerprint density at radius 2 is 2.21 bits per heavy atom. The predicted octanol–water partition coefficient (Wildman–Crippen LogP) is 4.03. The van der Waals surface area contributed by atoms with Crippen LogP contribution in [0.15, 0.2) is 17.5 Å². The van der Waals surface area contributed by atoms with Gasteiger partial charge in [0.2, 0.25) is 0 Å². The van der Waals surface area contributed by atoms with Crippen LogP contribution in [0.1, 0.15) is 41.6 Å². The lowest BCUT2D eigenvalue weighted by atomic mass is 9.99. The summed E-state index contributed by atoms with van der Waals surface area (Å²) in [5.74, 6) is 0.882. The summed E-state index contributed by atoms with van der Waals surface area (Å²) in [5, 5.41) is 6.03. The number of thiazole rings is 1. The van der Waals surface area contributed by atoms with E-state index in [0.717, 1.165) is 45.9 Å². The van der Waals surface area contributed by atoms with Gasteiger partial charge in [-0.25, -0.2) is 4.98 Å². The molecule has 2 aromatic heterocycles. The fraction of sp³-hybridized carbons (Fsp3) is 0.556. The highest BCUT2D eigenvalue weighted by atomic mass is 32.1. The quantitative estimate of drug-likeness (QED) is 0.788. The van der Waals surface area contributed by atoms with Gasteiger partial charge in [0.15, 0.2) is 0 Å². The second-order valence-corrected chi connectivity index (χ2v) is 8.49. The van der Waals surface area contributed by atoms with Crippen LogP contribution >= 0.6 is 22.7 Å². The topological polar surface area (TPSA) is 45.2 Å². The Morgan fingerprint density at radius 3 is 2.92 bits per heavy atom. The maximum atomic E-state index is 12.4. The third-order valence-electron chi connectivity index (χ3n) is 4.55. The molecule has 1 aliphatic rings. The van der Waals surface area contributed by atoms with Crippen molar-refractivity contribution in [2.75, 3.05) is 26.2 Å². The minimum Gasteiger partial charge on any atom is -0.351 e.